The number of rotatable bonds is 7. The van der Waals surface area contributed by atoms with E-state index in [1.165, 1.54) is 50.0 Å². The molecule has 196 valence electrons. The second-order valence-corrected chi connectivity index (χ2v) is 11.5. The zero-order valence-electron chi connectivity index (χ0n) is 22.0. The quantitative estimate of drug-likeness (QED) is 0.497. The van der Waals surface area contributed by atoms with Crippen LogP contribution < -0.4 is 10.1 Å². The summed E-state index contributed by atoms with van der Waals surface area (Å²) in [5.74, 6) is 0.756. The highest BCUT2D eigenvalue weighted by molar-refractivity contribution is 5.38. The van der Waals surface area contributed by atoms with E-state index in [0.29, 0.717) is 23.4 Å². The van der Waals surface area contributed by atoms with Crippen LogP contribution in [0.5, 0.6) is 5.75 Å². The van der Waals surface area contributed by atoms with Gasteiger partial charge in [-0.25, -0.2) is 8.78 Å². The molecule has 3 aliphatic rings. The highest BCUT2D eigenvalue weighted by Crippen LogP contribution is 2.52. The fourth-order valence-electron chi connectivity index (χ4n) is 6.88. The molecule has 2 heterocycles. The first kappa shape index (κ1) is 25.6. The van der Waals surface area contributed by atoms with Crippen LogP contribution in [0.25, 0.3) is 0 Å². The van der Waals surface area contributed by atoms with Gasteiger partial charge in [-0.2, -0.15) is 0 Å². The number of hydrogen-bond acceptors (Lipinski definition) is 4. The van der Waals surface area contributed by atoms with Crippen molar-refractivity contribution in [2.24, 2.45) is 5.41 Å². The van der Waals surface area contributed by atoms with Crippen LogP contribution in [-0.4, -0.2) is 55.7 Å². The van der Waals surface area contributed by atoms with E-state index in [1.54, 1.807) is 6.07 Å². The molecule has 1 aliphatic carbocycles. The molecule has 2 aromatic carbocycles. The molecule has 1 atom stereocenters. The van der Waals surface area contributed by atoms with Crippen molar-refractivity contribution in [2.75, 3.05) is 39.8 Å². The molecule has 2 aliphatic heterocycles. The van der Waals surface area contributed by atoms with E-state index in [4.69, 9.17) is 4.74 Å². The van der Waals surface area contributed by atoms with Crippen LogP contribution in [0, 0.1) is 5.41 Å². The minimum absolute atomic E-state index is 0.0355. The van der Waals surface area contributed by atoms with Gasteiger partial charge in [0.05, 0.1) is 12.7 Å². The number of ether oxygens (including phenoxy) is 1. The van der Waals surface area contributed by atoms with Crippen LogP contribution in [0.1, 0.15) is 80.2 Å². The van der Waals surface area contributed by atoms with E-state index >= 15 is 0 Å². The third-order valence-corrected chi connectivity index (χ3v) is 8.89. The molecule has 0 bridgehead atoms. The maximum absolute atomic E-state index is 13.3. The minimum atomic E-state index is -2.53. The Morgan fingerprint density at radius 3 is 2.47 bits per heavy atom. The lowest BCUT2D eigenvalue weighted by Gasteiger charge is -2.57. The molecule has 1 saturated carbocycles. The summed E-state index contributed by atoms with van der Waals surface area (Å²) >= 11 is 0. The first-order valence-electron chi connectivity index (χ1n) is 13.6. The third-order valence-electron chi connectivity index (χ3n) is 8.89. The summed E-state index contributed by atoms with van der Waals surface area (Å²) in [5, 5.41) is 3.53. The second kappa shape index (κ2) is 10.8. The molecule has 3 fully saturated rings. The maximum atomic E-state index is 13.3. The average molecular weight is 498 g/mol. The fraction of sp³-hybridized carbons (Fsp3) is 0.600. The minimum Gasteiger partial charge on any atom is -0.496 e. The molecular weight excluding hydrogens is 456 g/mol. The van der Waals surface area contributed by atoms with Gasteiger partial charge in [-0.05, 0) is 78.9 Å². The van der Waals surface area contributed by atoms with Gasteiger partial charge in [-0.1, -0.05) is 44.2 Å². The summed E-state index contributed by atoms with van der Waals surface area (Å²) in [6.45, 7) is 10.6. The van der Waals surface area contributed by atoms with Gasteiger partial charge in [0.1, 0.15) is 5.75 Å². The summed E-state index contributed by atoms with van der Waals surface area (Å²) in [5.41, 5.74) is 4.44. The molecule has 1 N–H and O–H groups in total. The van der Waals surface area contributed by atoms with Crippen molar-refractivity contribution < 1.29 is 13.5 Å². The van der Waals surface area contributed by atoms with Gasteiger partial charge in [0.25, 0.3) is 6.43 Å². The van der Waals surface area contributed by atoms with Crippen molar-refractivity contribution in [1.82, 2.24) is 15.1 Å². The van der Waals surface area contributed by atoms with Crippen molar-refractivity contribution >= 4 is 0 Å². The molecule has 6 heteroatoms. The van der Waals surface area contributed by atoms with Crippen molar-refractivity contribution in [3.63, 3.8) is 0 Å². The number of alkyl halides is 2. The molecular formula is C30H41F2N3O. The predicted molar refractivity (Wildman–Crippen MR) is 141 cm³/mol. The zero-order valence-corrected chi connectivity index (χ0v) is 22.0. The summed E-state index contributed by atoms with van der Waals surface area (Å²) in [6, 6.07) is 15.1. The summed E-state index contributed by atoms with van der Waals surface area (Å²) in [4.78, 5) is 5.29. The maximum Gasteiger partial charge on any atom is 0.267 e. The van der Waals surface area contributed by atoms with Crippen LogP contribution in [0.2, 0.25) is 0 Å². The zero-order chi connectivity index (χ0) is 25.3. The van der Waals surface area contributed by atoms with Gasteiger partial charge < -0.3 is 10.1 Å². The Morgan fingerprint density at radius 2 is 1.78 bits per heavy atom. The number of piperazine rings is 1. The largest absolute Gasteiger partial charge is 0.496 e. The summed E-state index contributed by atoms with van der Waals surface area (Å²) in [6.07, 6.45) is 2.74. The molecule has 1 spiro atoms. The lowest BCUT2D eigenvalue weighted by atomic mass is 9.60. The molecule has 5 rings (SSSR count). The van der Waals surface area contributed by atoms with E-state index in [1.807, 2.05) is 6.07 Å². The van der Waals surface area contributed by atoms with Gasteiger partial charge >= 0.3 is 0 Å². The van der Waals surface area contributed by atoms with Crippen molar-refractivity contribution in [3.05, 3.63) is 64.7 Å². The Kier molecular flexibility index (Phi) is 7.66. The summed E-state index contributed by atoms with van der Waals surface area (Å²) in [7, 11) is 1.47. The van der Waals surface area contributed by atoms with Gasteiger partial charge in [0, 0.05) is 38.3 Å². The lowest BCUT2D eigenvalue weighted by Crippen LogP contribution is -2.59. The highest BCUT2D eigenvalue weighted by atomic mass is 19.3. The SMILES string of the molecule is COc1cc(CN2CCN(C3CC4(CCNCC4)C3)C(c3ccccc3C(C)C)C2)ccc1C(F)F. The van der Waals surface area contributed by atoms with E-state index in [-0.39, 0.29) is 11.3 Å². The second-order valence-electron chi connectivity index (χ2n) is 11.5. The number of piperidine rings is 1. The Labute approximate surface area is 215 Å². The molecule has 0 radical (unpaired) electrons. The number of methoxy groups -OCH3 is 1. The van der Waals surface area contributed by atoms with Crippen LogP contribution in [-0.2, 0) is 6.54 Å². The molecule has 2 saturated heterocycles. The van der Waals surface area contributed by atoms with Gasteiger partial charge in [-0.3, -0.25) is 9.80 Å². The van der Waals surface area contributed by atoms with E-state index < -0.39 is 6.43 Å². The topological polar surface area (TPSA) is 27.7 Å². The van der Waals surface area contributed by atoms with Crippen LogP contribution in [0.15, 0.2) is 42.5 Å². The first-order chi connectivity index (χ1) is 17.4. The molecule has 0 aromatic heterocycles. The van der Waals surface area contributed by atoms with E-state index in [0.717, 1.165) is 44.8 Å². The Morgan fingerprint density at radius 1 is 1.03 bits per heavy atom. The van der Waals surface area contributed by atoms with Gasteiger partial charge in [0.15, 0.2) is 0 Å². The van der Waals surface area contributed by atoms with E-state index in [9.17, 15) is 8.78 Å². The average Bonchev–Trinajstić information content (AvgIpc) is 2.87. The van der Waals surface area contributed by atoms with Crippen molar-refractivity contribution in [2.45, 2.75) is 70.5 Å². The standard InChI is InChI=1S/C30H41F2N3O/c1-21(2)24-6-4-5-7-25(24)27-20-34(19-22-8-9-26(29(31)32)28(16-22)36-3)14-15-35(27)23-17-30(18-23)10-12-33-13-11-30/h4-9,16,21,23,27,29,33H,10-15,17-20H2,1-3H3. The fourth-order valence-corrected chi connectivity index (χ4v) is 6.88. The number of nitrogens with zero attached hydrogens (tertiary/aromatic N) is 2. The van der Waals surface area contributed by atoms with Crippen LogP contribution in [0.4, 0.5) is 8.78 Å². The third kappa shape index (κ3) is 5.18. The van der Waals surface area contributed by atoms with Gasteiger partial charge in [-0.15, -0.1) is 0 Å². The molecule has 36 heavy (non-hydrogen) atoms. The number of nitrogens with one attached hydrogen (secondary N) is 1. The lowest BCUT2D eigenvalue weighted by molar-refractivity contribution is -0.0650. The number of halogens is 2. The molecule has 2 aromatic rings. The Balaban J connectivity index is 1.36. The summed E-state index contributed by atoms with van der Waals surface area (Å²) < 4.78 is 32.0. The number of hydrogen-bond donors (Lipinski definition) is 1. The molecule has 1 unspecified atom stereocenters. The Hall–Kier alpha value is -2.02. The van der Waals surface area contributed by atoms with Crippen molar-refractivity contribution in [1.29, 1.82) is 0 Å². The van der Waals surface area contributed by atoms with Crippen molar-refractivity contribution in [3.8, 4) is 5.75 Å². The molecule has 4 nitrogen and oxygen atoms in total. The highest BCUT2D eigenvalue weighted by Gasteiger charge is 2.49. The smallest absolute Gasteiger partial charge is 0.267 e. The predicted octanol–water partition coefficient (Wildman–Crippen LogP) is 6.15. The first-order valence-corrected chi connectivity index (χ1v) is 13.6. The molecule has 0 amide bonds. The van der Waals surface area contributed by atoms with E-state index in [2.05, 4.69) is 53.2 Å². The normalized spacial score (nSPS) is 23.4. The number of benzene rings is 2. The monoisotopic (exact) mass is 497 g/mol. The van der Waals surface area contributed by atoms with Crippen LogP contribution in [0.3, 0.4) is 0 Å². The van der Waals surface area contributed by atoms with Crippen LogP contribution >= 0.6 is 0 Å². The van der Waals surface area contributed by atoms with Gasteiger partial charge in [0.2, 0.25) is 0 Å². The Bertz CT molecular complexity index is 1030.